The van der Waals surface area contributed by atoms with Gasteiger partial charge in [-0.1, -0.05) is 20.8 Å². The molecule has 0 atom stereocenters. The largest absolute Gasteiger partial charge is 0.464 e. The number of rotatable bonds is 6. The van der Waals surface area contributed by atoms with E-state index < -0.39 is 19.9 Å². The number of hydrogen-bond acceptors (Lipinski definition) is 5. The zero-order valence-electron chi connectivity index (χ0n) is 16.4. The SMILES string of the molecule is COC(=O)C(=NCC1(O[Si](C)(C)C(C)(C)C)COC1)c1ccc(F)cc1. The zero-order chi connectivity index (χ0) is 19.6. The Labute approximate surface area is 155 Å². The third kappa shape index (κ3) is 4.58. The van der Waals surface area contributed by atoms with E-state index in [2.05, 4.69) is 38.9 Å². The van der Waals surface area contributed by atoms with Gasteiger partial charge >= 0.3 is 5.97 Å². The van der Waals surface area contributed by atoms with Crippen LogP contribution in [0.2, 0.25) is 18.1 Å². The van der Waals surface area contributed by atoms with Gasteiger partial charge in [-0.2, -0.15) is 0 Å². The van der Waals surface area contributed by atoms with Gasteiger partial charge in [0.05, 0.1) is 26.9 Å². The highest BCUT2D eigenvalue weighted by Crippen LogP contribution is 2.41. The predicted octanol–water partition coefficient (Wildman–Crippen LogP) is 3.58. The van der Waals surface area contributed by atoms with Gasteiger partial charge in [-0.15, -0.1) is 0 Å². The first-order valence-corrected chi connectivity index (χ1v) is 11.6. The Morgan fingerprint density at radius 3 is 2.27 bits per heavy atom. The van der Waals surface area contributed by atoms with E-state index in [1.807, 2.05) is 0 Å². The Morgan fingerprint density at radius 2 is 1.85 bits per heavy atom. The molecule has 26 heavy (non-hydrogen) atoms. The molecule has 0 spiro atoms. The van der Waals surface area contributed by atoms with Crippen molar-refractivity contribution in [1.82, 2.24) is 0 Å². The van der Waals surface area contributed by atoms with Gasteiger partial charge in [-0.05, 0) is 42.4 Å². The molecule has 2 rings (SSSR count). The zero-order valence-corrected chi connectivity index (χ0v) is 17.4. The molecule has 0 aliphatic carbocycles. The van der Waals surface area contributed by atoms with Crippen LogP contribution in [-0.2, 0) is 18.7 Å². The number of aliphatic imine (C=N–C) groups is 1. The number of hydrogen-bond donors (Lipinski definition) is 0. The Balaban J connectivity index is 2.26. The summed E-state index contributed by atoms with van der Waals surface area (Å²) in [6.07, 6.45) is 0. The van der Waals surface area contributed by atoms with Crippen LogP contribution in [0, 0.1) is 5.82 Å². The van der Waals surface area contributed by atoms with Crippen LogP contribution < -0.4 is 0 Å². The molecule has 1 fully saturated rings. The number of nitrogens with zero attached hydrogens (tertiary/aromatic N) is 1. The maximum absolute atomic E-state index is 13.2. The van der Waals surface area contributed by atoms with Gasteiger partial charge in [0.1, 0.15) is 11.4 Å². The van der Waals surface area contributed by atoms with Crippen molar-refractivity contribution in [3.63, 3.8) is 0 Å². The molecular weight excluding hydrogens is 353 g/mol. The van der Waals surface area contributed by atoms with E-state index in [-0.39, 0.29) is 16.6 Å². The number of halogens is 1. The van der Waals surface area contributed by atoms with Gasteiger partial charge in [-0.25, -0.2) is 9.18 Å². The molecule has 1 aromatic rings. The fraction of sp³-hybridized carbons (Fsp3) is 0.579. The fourth-order valence-corrected chi connectivity index (χ4v) is 3.98. The van der Waals surface area contributed by atoms with Gasteiger partial charge in [0, 0.05) is 5.56 Å². The lowest BCUT2D eigenvalue weighted by atomic mass is 10.0. The number of benzene rings is 1. The highest BCUT2D eigenvalue weighted by molar-refractivity contribution is 6.74. The lowest BCUT2D eigenvalue weighted by molar-refractivity contribution is -0.161. The topological polar surface area (TPSA) is 57.1 Å². The molecule has 0 radical (unpaired) electrons. The van der Waals surface area contributed by atoms with E-state index in [0.717, 1.165) is 0 Å². The molecule has 0 unspecified atom stereocenters. The van der Waals surface area contributed by atoms with Crippen LogP contribution in [0.1, 0.15) is 26.3 Å². The van der Waals surface area contributed by atoms with Gasteiger partial charge in [0.2, 0.25) is 0 Å². The summed E-state index contributed by atoms with van der Waals surface area (Å²) >= 11 is 0. The van der Waals surface area contributed by atoms with E-state index >= 15 is 0 Å². The molecule has 1 heterocycles. The van der Waals surface area contributed by atoms with Gasteiger partial charge in [0.15, 0.2) is 14.0 Å². The molecule has 1 aromatic carbocycles. The Hall–Kier alpha value is -1.57. The number of carbonyl (C=O) groups is 1. The highest BCUT2D eigenvalue weighted by Gasteiger charge is 2.49. The summed E-state index contributed by atoms with van der Waals surface area (Å²) in [5, 5.41) is 0.0570. The number of esters is 1. The number of carbonyl (C=O) groups excluding carboxylic acids is 1. The standard InChI is InChI=1S/C19H28FNO4Si/c1-18(2,3)26(5,6)25-19(12-24-13-19)11-21-16(17(22)23-4)14-7-9-15(20)10-8-14/h7-10H,11-13H2,1-6H3. The van der Waals surface area contributed by atoms with Crippen molar-refractivity contribution in [3.05, 3.63) is 35.6 Å². The lowest BCUT2D eigenvalue weighted by Crippen LogP contribution is -2.61. The van der Waals surface area contributed by atoms with E-state index in [1.165, 1.54) is 31.4 Å². The van der Waals surface area contributed by atoms with Crippen LogP contribution in [0.25, 0.3) is 0 Å². The minimum absolute atomic E-state index is 0.0570. The van der Waals surface area contributed by atoms with Gasteiger partial charge < -0.3 is 13.9 Å². The van der Waals surface area contributed by atoms with Gasteiger partial charge in [0.25, 0.3) is 0 Å². The van der Waals surface area contributed by atoms with Crippen molar-refractivity contribution in [2.75, 3.05) is 26.9 Å². The summed E-state index contributed by atoms with van der Waals surface area (Å²) in [5.41, 5.74) is 0.154. The van der Waals surface area contributed by atoms with Crippen molar-refractivity contribution in [3.8, 4) is 0 Å². The molecule has 0 amide bonds. The van der Waals surface area contributed by atoms with Crippen molar-refractivity contribution in [2.24, 2.45) is 4.99 Å². The molecule has 144 valence electrons. The molecule has 0 aromatic heterocycles. The molecule has 1 aliphatic rings. The Kier molecular flexibility index (Phi) is 6.05. The number of methoxy groups -OCH3 is 1. The molecule has 1 saturated heterocycles. The van der Waals surface area contributed by atoms with E-state index in [0.29, 0.717) is 25.3 Å². The van der Waals surface area contributed by atoms with Crippen LogP contribution >= 0.6 is 0 Å². The summed E-state index contributed by atoms with van der Waals surface area (Å²) < 4.78 is 30.0. The monoisotopic (exact) mass is 381 g/mol. The fourth-order valence-electron chi connectivity index (χ4n) is 2.41. The molecule has 1 aliphatic heterocycles. The molecule has 0 saturated carbocycles. The first-order chi connectivity index (χ1) is 12.0. The third-order valence-electron chi connectivity index (χ3n) is 5.03. The Bertz CT molecular complexity index is 676. The second-order valence-corrected chi connectivity index (χ2v) is 12.9. The normalized spacial score (nSPS) is 17.6. The van der Waals surface area contributed by atoms with Crippen LogP contribution in [-0.4, -0.2) is 52.5 Å². The lowest BCUT2D eigenvalue weighted by Gasteiger charge is -2.49. The van der Waals surface area contributed by atoms with Crippen LogP contribution in [0.3, 0.4) is 0 Å². The summed E-state index contributed by atoms with van der Waals surface area (Å²) in [6.45, 7) is 12.1. The molecule has 0 N–H and O–H groups in total. The van der Waals surface area contributed by atoms with E-state index in [1.54, 1.807) is 0 Å². The minimum Gasteiger partial charge on any atom is -0.464 e. The maximum Gasteiger partial charge on any atom is 0.356 e. The van der Waals surface area contributed by atoms with Crippen molar-refractivity contribution < 1.29 is 23.1 Å². The average Bonchev–Trinajstić information content (AvgIpc) is 2.52. The second kappa shape index (κ2) is 7.58. The van der Waals surface area contributed by atoms with Crippen molar-refractivity contribution in [2.45, 2.75) is 44.5 Å². The van der Waals surface area contributed by atoms with Crippen molar-refractivity contribution >= 4 is 20.0 Å². The average molecular weight is 382 g/mol. The van der Waals surface area contributed by atoms with Crippen LogP contribution in [0.15, 0.2) is 29.3 Å². The quantitative estimate of drug-likeness (QED) is 0.429. The van der Waals surface area contributed by atoms with E-state index in [9.17, 15) is 9.18 Å². The molecular formula is C19H28FNO4Si. The summed E-state index contributed by atoms with van der Waals surface area (Å²) in [6, 6.07) is 5.62. The van der Waals surface area contributed by atoms with E-state index in [4.69, 9.17) is 13.9 Å². The molecule has 5 nitrogen and oxygen atoms in total. The summed E-state index contributed by atoms with van der Waals surface area (Å²) in [7, 11) is -0.718. The van der Waals surface area contributed by atoms with Crippen LogP contribution in [0.5, 0.6) is 0 Å². The third-order valence-corrected chi connectivity index (χ3v) is 9.59. The summed E-state index contributed by atoms with van der Waals surface area (Å²) in [4.78, 5) is 16.6. The van der Waals surface area contributed by atoms with Crippen LogP contribution in [0.4, 0.5) is 4.39 Å². The highest BCUT2D eigenvalue weighted by atomic mass is 28.4. The second-order valence-electron chi connectivity index (χ2n) is 8.20. The number of ether oxygens (including phenoxy) is 2. The summed E-state index contributed by atoms with van der Waals surface area (Å²) in [5.74, 6) is -0.928. The maximum atomic E-state index is 13.2. The van der Waals surface area contributed by atoms with Gasteiger partial charge in [-0.3, -0.25) is 4.99 Å². The molecule has 0 bridgehead atoms. The molecule has 7 heteroatoms. The smallest absolute Gasteiger partial charge is 0.356 e. The van der Waals surface area contributed by atoms with Crippen molar-refractivity contribution in [1.29, 1.82) is 0 Å². The first kappa shape index (κ1) is 20.7. The minimum atomic E-state index is -2.02. The first-order valence-electron chi connectivity index (χ1n) is 8.66. The Morgan fingerprint density at radius 1 is 1.27 bits per heavy atom. The predicted molar refractivity (Wildman–Crippen MR) is 102 cm³/mol.